The summed E-state index contributed by atoms with van der Waals surface area (Å²) in [5, 5.41) is 23.8. The number of nitro benzene ring substituents is 1. The van der Waals surface area contributed by atoms with Gasteiger partial charge in [0.2, 0.25) is 5.75 Å². The summed E-state index contributed by atoms with van der Waals surface area (Å²) in [6.07, 6.45) is 1.50. The van der Waals surface area contributed by atoms with Crippen LogP contribution in [0.25, 0.3) is 6.08 Å². The minimum absolute atomic E-state index is 0.171. The molecule has 2 aromatic rings. The third-order valence-electron chi connectivity index (χ3n) is 3.25. The number of nitrogens with zero attached hydrogens (tertiary/aromatic N) is 2. The Morgan fingerprint density at radius 1 is 1.27 bits per heavy atom. The average Bonchev–Trinajstić information content (AvgIpc) is 2.89. The third-order valence-corrected chi connectivity index (χ3v) is 5.26. The first-order valence-electron chi connectivity index (χ1n) is 7.05. The quantitative estimate of drug-likeness (QED) is 0.362. The third kappa shape index (κ3) is 4.14. The zero-order valence-corrected chi connectivity index (χ0v) is 16.8. The van der Waals surface area contributed by atoms with E-state index in [-0.39, 0.29) is 10.4 Å². The maximum absolute atomic E-state index is 12.1. The summed E-state index contributed by atoms with van der Waals surface area (Å²) >= 11 is 7.56. The van der Waals surface area contributed by atoms with Crippen molar-refractivity contribution in [2.75, 3.05) is 0 Å². The van der Waals surface area contributed by atoms with Crippen LogP contribution in [-0.2, 0) is 4.79 Å². The van der Waals surface area contributed by atoms with E-state index in [0.717, 1.165) is 16.2 Å². The minimum Gasteiger partial charge on any atom is -0.501 e. The normalized spacial score (nSPS) is 16.9. The maximum atomic E-state index is 12.1. The van der Waals surface area contributed by atoms with Crippen molar-refractivity contribution in [2.45, 2.75) is 0 Å². The monoisotopic (exact) mass is 497 g/mol. The molecule has 1 aliphatic heterocycles. The number of aromatic hydroxyl groups is 1. The highest BCUT2D eigenvalue weighted by atomic mass is 79.9. The molecule has 132 valence electrons. The first kappa shape index (κ1) is 18.6. The van der Waals surface area contributed by atoms with E-state index in [1.165, 1.54) is 18.2 Å². The van der Waals surface area contributed by atoms with Crippen molar-refractivity contribution in [2.24, 2.45) is 4.99 Å². The number of aliphatic imine (C=N–C) groups is 1. The van der Waals surface area contributed by atoms with Gasteiger partial charge >= 0.3 is 5.69 Å². The first-order valence-corrected chi connectivity index (χ1v) is 9.46. The van der Waals surface area contributed by atoms with E-state index in [1.54, 1.807) is 6.07 Å². The van der Waals surface area contributed by atoms with Crippen LogP contribution >= 0.6 is 43.6 Å². The van der Waals surface area contributed by atoms with Crippen molar-refractivity contribution in [3.63, 3.8) is 0 Å². The van der Waals surface area contributed by atoms with Gasteiger partial charge in [0.05, 0.1) is 20.0 Å². The molecule has 1 aliphatic rings. The predicted octanol–water partition coefficient (Wildman–Crippen LogP) is 4.72. The summed E-state index contributed by atoms with van der Waals surface area (Å²) in [6.45, 7) is 0. The number of halogens is 2. The van der Waals surface area contributed by atoms with E-state index in [0.29, 0.717) is 21.3 Å². The van der Waals surface area contributed by atoms with E-state index in [4.69, 9.17) is 0 Å². The van der Waals surface area contributed by atoms with Crippen molar-refractivity contribution in [1.82, 2.24) is 5.32 Å². The van der Waals surface area contributed by atoms with E-state index in [9.17, 15) is 20.0 Å². The molecule has 0 aliphatic carbocycles. The van der Waals surface area contributed by atoms with Gasteiger partial charge in [0.1, 0.15) is 0 Å². The topological polar surface area (TPSA) is 105 Å². The molecule has 2 aromatic carbocycles. The maximum Gasteiger partial charge on any atom is 0.312 e. The fourth-order valence-corrected chi connectivity index (χ4v) is 3.82. The highest BCUT2D eigenvalue weighted by molar-refractivity contribution is 9.10. The number of nitrogens with one attached hydrogen (secondary N) is 1. The smallest absolute Gasteiger partial charge is 0.312 e. The van der Waals surface area contributed by atoms with Crippen molar-refractivity contribution in [1.29, 1.82) is 0 Å². The second kappa shape index (κ2) is 7.60. The molecule has 7 nitrogen and oxygen atoms in total. The standard InChI is InChI=1S/C16H9Br2N3O4S/c17-9-2-1-3-10(7-9)19-16-20-15(23)13(26-16)6-8-4-11(18)14(22)12(5-8)21(24)25/h1-7,22H,(H,19,20,23)/b13-6-. The SMILES string of the molecule is O=C1NC(=Nc2cccc(Br)c2)S/C1=C\c1cc(Br)c(O)c([N+](=O)[O-])c1. The van der Waals surface area contributed by atoms with Gasteiger partial charge in [-0.15, -0.1) is 0 Å². The summed E-state index contributed by atoms with van der Waals surface area (Å²) in [5.41, 5.74) is 0.631. The summed E-state index contributed by atoms with van der Waals surface area (Å²) in [5.74, 6) is -0.812. The molecule has 0 aromatic heterocycles. The molecule has 0 radical (unpaired) electrons. The Morgan fingerprint density at radius 3 is 2.73 bits per heavy atom. The number of phenols is 1. The predicted molar refractivity (Wildman–Crippen MR) is 107 cm³/mol. The summed E-state index contributed by atoms with van der Waals surface area (Å²) < 4.78 is 1.04. The number of amidine groups is 1. The first-order chi connectivity index (χ1) is 12.3. The number of hydrogen-bond acceptors (Lipinski definition) is 6. The molecule has 0 bridgehead atoms. The molecule has 1 fully saturated rings. The number of nitro groups is 1. The highest BCUT2D eigenvalue weighted by Gasteiger charge is 2.25. The van der Waals surface area contributed by atoms with Crippen LogP contribution in [-0.4, -0.2) is 21.1 Å². The lowest BCUT2D eigenvalue weighted by molar-refractivity contribution is -0.386. The molecule has 1 saturated heterocycles. The Morgan fingerprint density at radius 2 is 2.04 bits per heavy atom. The molecule has 2 N–H and O–H groups in total. The van der Waals surface area contributed by atoms with E-state index >= 15 is 0 Å². The molecule has 1 amide bonds. The highest BCUT2D eigenvalue weighted by Crippen LogP contribution is 2.37. The van der Waals surface area contributed by atoms with Gasteiger partial charge in [0.15, 0.2) is 5.17 Å². The number of amides is 1. The molecular formula is C16H9Br2N3O4S. The van der Waals surface area contributed by atoms with Crippen molar-refractivity contribution in [3.05, 3.63) is 65.9 Å². The van der Waals surface area contributed by atoms with Gasteiger partial charge in [0, 0.05) is 10.5 Å². The van der Waals surface area contributed by atoms with Crippen molar-refractivity contribution >= 4 is 72.1 Å². The van der Waals surface area contributed by atoms with Crippen LogP contribution in [0.5, 0.6) is 5.75 Å². The molecule has 10 heteroatoms. The lowest BCUT2D eigenvalue weighted by Crippen LogP contribution is -2.19. The van der Waals surface area contributed by atoms with Gasteiger partial charge in [-0.05, 0) is 63.6 Å². The van der Waals surface area contributed by atoms with Gasteiger partial charge in [-0.1, -0.05) is 22.0 Å². The molecule has 1 heterocycles. The molecular weight excluding hydrogens is 490 g/mol. The number of hydrogen-bond donors (Lipinski definition) is 2. The molecule has 3 rings (SSSR count). The minimum atomic E-state index is -0.690. The Hall–Kier alpha value is -2.17. The largest absolute Gasteiger partial charge is 0.501 e. The molecule has 0 saturated carbocycles. The zero-order valence-electron chi connectivity index (χ0n) is 12.8. The van der Waals surface area contributed by atoms with Gasteiger partial charge in [-0.3, -0.25) is 14.9 Å². The molecule has 0 unspecified atom stereocenters. The number of carbonyl (C=O) groups is 1. The zero-order chi connectivity index (χ0) is 18.8. The van der Waals surface area contributed by atoms with E-state index in [1.807, 2.05) is 18.2 Å². The van der Waals surface area contributed by atoms with Crippen LogP contribution in [0.2, 0.25) is 0 Å². The second-order valence-electron chi connectivity index (χ2n) is 5.09. The Bertz CT molecular complexity index is 991. The summed E-state index contributed by atoms with van der Waals surface area (Å²) in [4.78, 5) is 27.1. The number of rotatable bonds is 3. The van der Waals surface area contributed by atoms with Gasteiger partial charge < -0.3 is 10.4 Å². The Kier molecular flexibility index (Phi) is 5.44. The van der Waals surface area contributed by atoms with Crippen LogP contribution in [0.4, 0.5) is 11.4 Å². The van der Waals surface area contributed by atoms with Crippen molar-refractivity contribution in [3.8, 4) is 5.75 Å². The van der Waals surface area contributed by atoms with Crippen molar-refractivity contribution < 1.29 is 14.8 Å². The lowest BCUT2D eigenvalue weighted by atomic mass is 10.1. The molecule has 26 heavy (non-hydrogen) atoms. The fraction of sp³-hybridized carbons (Fsp3) is 0. The van der Waals surface area contributed by atoms with Crippen LogP contribution in [0.15, 0.2) is 55.2 Å². The van der Waals surface area contributed by atoms with Crippen LogP contribution < -0.4 is 5.32 Å². The Balaban J connectivity index is 1.91. The van der Waals surface area contributed by atoms with Gasteiger partial charge in [0.25, 0.3) is 5.91 Å². The van der Waals surface area contributed by atoms with Gasteiger partial charge in [-0.2, -0.15) is 0 Å². The fourth-order valence-electron chi connectivity index (χ4n) is 2.12. The molecule has 0 spiro atoms. The summed E-state index contributed by atoms with van der Waals surface area (Å²) in [7, 11) is 0. The van der Waals surface area contributed by atoms with Gasteiger partial charge in [-0.25, -0.2) is 4.99 Å². The van der Waals surface area contributed by atoms with Crippen LogP contribution in [0.1, 0.15) is 5.56 Å². The summed E-state index contributed by atoms with van der Waals surface area (Å²) in [6, 6.07) is 9.99. The number of thioether (sulfide) groups is 1. The second-order valence-corrected chi connectivity index (χ2v) is 7.89. The van der Waals surface area contributed by atoms with E-state index in [2.05, 4.69) is 42.2 Å². The Labute approximate surface area is 168 Å². The van der Waals surface area contributed by atoms with E-state index < -0.39 is 16.4 Å². The molecule has 0 atom stereocenters. The average molecular weight is 499 g/mol. The number of benzene rings is 2. The van der Waals surface area contributed by atoms with Crippen LogP contribution in [0, 0.1) is 10.1 Å². The lowest BCUT2D eigenvalue weighted by Gasteiger charge is -2.01. The number of phenolic OH excluding ortho intramolecular Hbond substituents is 1. The van der Waals surface area contributed by atoms with Crippen LogP contribution in [0.3, 0.4) is 0 Å². The number of carbonyl (C=O) groups excluding carboxylic acids is 1.